The van der Waals surface area contributed by atoms with Crippen LogP contribution in [0.3, 0.4) is 0 Å². The van der Waals surface area contributed by atoms with E-state index in [1.807, 2.05) is 0 Å². The van der Waals surface area contributed by atoms with Gasteiger partial charge in [-0.1, -0.05) is 11.8 Å². The van der Waals surface area contributed by atoms with Crippen molar-refractivity contribution in [3.63, 3.8) is 0 Å². The Hall–Kier alpha value is -1.54. The molecule has 132 valence electrons. The van der Waals surface area contributed by atoms with E-state index in [1.165, 1.54) is 6.92 Å². The molecule has 9 nitrogen and oxygen atoms in total. The number of amides is 1. The lowest BCUT2D eigenvalue weighted by atomic mass is 10.0. The number of nitrogens with one attached hydrogen (secondary N) is 2. The first kappa shape index (κ1) is 21.5. The van der Waals surface area contributed by atoms with Crippen LogP contribution in [0.2, 0.25) is 0 Å². The number of aliphatic hydroxyl groups excluding tert-OH is 5. The summed E-state index contributed by atoms with van der Waals surface area (Å²) in [4.78, 5) is 22.6. The molecule has 0 aliphatic carbocycles. The van der Waals surface area contributed by atoms with Crippen molar-refractivity contribution in [2.45, 2.75) is 43.8 Å². The molecule has 0 bridgehead atoms. The minimum absolute atomic E-state index is 0.185. The van der Waals surface area contributed by atoms with E-state index in [0.717, 1.165) is 0 Å². The van der Waals surface area contributed by atoms with Crippen LogP contribution in [0.1, 0.15) is 13.3 Å². The predicted octanol–water partition coefficient (Wildman–Crippen LogP) is -3.89. The second-order valence-electron chi connectivity index (χ2n) is 4.93. The van der Waals surface area contributed by atoms with Crippen molar-refractivity contribution >= 4 is 11.7 Å². The molecular formula is C14H24N2O7. The fourth-order valence-corrected chi connectivity index (χ4v) is 1.58. The summed E-state index contributed by atoms with van der Waals surface area (Å²) < 4.78 is 0. The lowest BCUT2D eigenvalue weighted by Crippen LogP contribution is -2.49. The van der Waals surface area contributed by atoms with Gasteiger partial charge in [-0.05, 0) is 14.0 Å². The van der Waals surface area contributed by atoms with Gasteiger partial charge < -0.3 is 36.2 Å². The quantitative estimate of drug-likeness (QED) is 0.211. The molecule has 0 aromatic carbocycles. The lowest BCUT2D eigenvalue weighted by molar-refractivity contribution is -0.125. The number of carbonyl (C=O) groups excluding carboxylic acids is 2. The van der Waals surface area contributed by atoms with Crippen molar-refractivity contribution < 1.29 is 35.1 Å². The molecule has 0 spiro atoms. The minimum atomic E-state index is -1.75. The maximum atomic E-state index is 11.5. The molecule has 9 heteroatoms. The maximum absolute atomic E-state index is 11.5. The summed E-state index contributed by atoms with van der Waals surface area (Å²) in [5, 5.41) is 51.3. The molecule has 1 amide bonds. The monoisotopic (exact) mass is 332 g/mol. The van der Waals surface area contributed by atoms with Crippen molar-refractivity contribution in [3.05, 3.63) is 0 Å². The second-order valence-corrected chi connectivity index (χ2v) is 4.93. The molecule has 0 aromatic heterocycles. The number of rotatable bonds is 9. The highest BCUT2D eigenvalue weighted by atomic mass is 16.4. The average Bonchev–Trinajstić information content (AvgIpc) is 2.53. The van der Waals surface area contributed by atoms with Crippen LogP contribution in [0.5, 0.6) is 0 Å². The van der Waals surface area contributed by atoms with E-state index < -0.39 is 43.0 Å². The topological polar surface area (TPSA) is 159 Å². The van der Waals surface area contributed by atoms with E-state index in [4.69, 9.17) is 10.2 Å². The average molecular weight is 332 g/mol. The van der Waals surface area contributed by atoms with Crippen LogP contribution >= 0.6 is 0 Å². The van der Waals surface area contributed by atoms with Gasteiger partial charge in [-0.3, -0.25) is 9.59 Å². The minimum Gasteiger partial charge on any atom is -0.394 e. The molecule has 5 atom stereocenters. The zero-order valence-electron chi connectivity index (χ0n) is 13.1. The van der Waals surface area contributed by atoms with Gasteiger partial charge in [0, 0.05) is 6.54 Å². The van der Waals surface area contributed by atoms with Gasteiger partial charge in [0.1, 0.15) is 24.4 Å². The Bertz CT molecular complexity index is 446. The Morgan fingerprint density at radius 1 is 1.09 bits per heavy atom. The number of carbonyl (C=O) groups is 2. The first-order valence-corrected chi connectivity index (χ1v) is 7.00. The van der Waals surface area contributed by atoms with Crippen molar-refractivity contribution in [2.75, 3.05) is 20.2 Å². The molecule has 0 saturated carbocycles. The molecule has 23 heavy (non-hydrogen) atoms. The van der Waals surface area contributed by atoms with Crippen molar-refractivity contribution in [3.8, 4) is 11.8 Å². The summed E-state index contributed by atoms with van der Waals surface area (Å²) in [6.07, 6.45) is -6.85. The fourth-order valence-electron chi connectivity index (χ4n) is 1.58. The summed E-state index contributed by atoms with van der Waals surface area (Å²) in [6, 6.07) is -0.662. The largest absolute Gasteiger partial charge is 0.394 e. The predicted molar refractivity (Wildman–Crippen MR) is 80.0 cm³/mol. The number of likely N-dealkylation sites (N-methyl/N-ethyl adjacent to an activating group) is 1. The van der Waals surface area contributed by atoms with Crippen molar-refractivity contribution in [2.24, 2.45) is 0 Å². The normalized spacial score (nSPS) is 17.2. The van der Waals surface area contributed by atoms with Gasteiger partial charge in [0.05, 0.1) is 19.1 Å². The summed E-state index contributed by atoms with van der Waals surface area (Å²) in [5.41, 5.74) is 0. The number of Topliss-reactive ketones (excluding diaryl/α,β-unsaturated/α-hetero) is 1. The van der Waals surface area contributed by atoms with Gasteiger partial charge in [0.2, 0.25) is 5.91 Å². The molecular weight excluding hydrogens is 308 g/mol. The summed E-state index contributed by atoms with van der Waals surface area (Å²) in [5.74, 6) is 4.35. The van der Waals surface area contributed by atoms with Gasteiger partial charge in [0.25, 0.3) is 0 Å². The van der Waals surface area contributed by atoms with Gasteiger partial charge in [-0.2, -0.15) is 0 Å². The Balaban J connectivity index is 4.29. The number of hydrogen-bond donors (Lipinski definition) is 7. The summed E-state index contributed by atoms with van der Waals surface area (Å²) in [7, 11) is 1.56. The third-order valence-corrected chi connectivity index (χ3v) is 3.02. The zero-order valence-corrected chi connectivity index (χ0v) is 13.1. The summed E-state index contributed by atoms with van der Waals surface area (Å²) >= 11 is 0. The first-order chi connectivity index (χ1) is 10.7. The molecule has 0 aromatic rings. The van der Waals surface area contributed by atoms with Crippen LogP contribution in [-0.4, -0.2) is 87.9 Å². The van der Waals surface area contributed by atoms with Crippen molar-refractivity contribution in [1.29, 1.82) is 0 Å². The maximum Gasteiger partial charge on any atom is 0.232 e. The Morgan fingerprint density at radius 3 is 2.13 bits per heavy atom. The zero-order chi connectivity index (χ0) is 18.0. The molecule has 2 unspecified atom stereocenters. The molecule has 0 radical (unpaired) electrons. The van der Waals surface area contributed by atoms with Gasteiger partial charge >= 0.3 is 0 Å². The fraction of sp³-hybridized carbons (Fsp3) is 0.714. The van der Waals surface area contributed by atoms with E-state index in [9.17, 15) is 24.9 Å². The second kappa shape index (κ2) is 11.1. The standard InChI is InChI=1S/C14H24N2O7/c1-8(18)9(15-2)4-3-5-12(21)16-6-10(19)13(22)14(23)11(20)7-17/h9-11,13-15,17,19-20,22-23H,5-7H2,1-2H3,(H,16,21)/t9?,10-,11?,13+,14+/m0/s1. The lowest BCUT2D eigenvalue weighted by Gasteiger charge is -2.25. The Labute approximate surface area is 134 Å². The highest BCUT2D eigenvalue weighted by Gasteiger charge is 2.29. The Morgan fingerprint density at radius 2 is 1.65 bits per heavy atom. The molecule has 0 saturated heterocycles. The molecule has 0 heterocycles. The molecule has 0 aliphatic heterocycles. The van der Waals surface area contributed by atoms with E-state index >= 15 is 0 Å². The highest BCUT2D eigenvalue weighted by Crippen LogP contribution is 2.04. The van der Waals surface area contributed by atoms with Crippen LogP contribution < -0.4 is 10.6 Å². The van der Waals surface area contributed by atoms with E-state index in [0.29, 0.717) is 0 Å². The van der Waals surface area contributed by atoms with E-state index in [1.54, 1.807) is 7.05 Å². The highest BCUT2D eigenvalue weighted by molar-refractivity contribution is 5.85. The smallest absolute Gasteiger partial charge is 0.232 e. The van der Waals surface area contributed by atoms with Gasteiger partial charge in [0.15, 0.2) is 5.78 Å². The van der Waals surface area contributed by atoms with Crippen LogP contribution in [0, 0.1) is 11.8 Å². The molecule has 0 rings (SSSR count). The van der Waals surface area contributed by atoms with E-state index in [2.05, 4.69) is 22.5 Å². The van der Waals surface area contributed by atoms with Gasteiger partial charge in [-0.25, -0.2) is 0 Å². The van der Waals surface area contributed by atoms with Crippen LogP contribution in [0.4, 0.5) is 0 Å². The first-order valence-electron chi connectivity index (χ1n) is 7.00. The number of ketones is 1. The van der Waals surface area contributed by atoms with Crippen LogP contribution in [0.15, 0.2) is 0 Å². The molecule has 0 fully saturated rings. The van der Waals surface area contributed by atoms with E-state index in [-0.39, 0.29) is 18.7 Å². The SMILES string of the molecule is CNC(C#CCC(=O)NC[C@H](O)[C@@H](O)[C@H](O)C(O)CO)C(C)=O. The molecule has 0 aliphatic rings. The Kier molecular flexibility index (Phi) is 10.3. The van der Waals surface area contributed by atoms with Crippen molar-refractivity contribution in [1.82, 2.24) is 10.6 Å². The number of hydrogen-bond acceptors (Lipinski definition) is 8. The third kappa shape index (κ3) is 8.03. The van der Waals surface area contributed by atoms with Crippen LogP contribution in [0.25, 0.3) is 0 Å². The van der Waals surface area contributed by atoms with Gasteiger partial charge in [-0.15, -0.1) is 0 Å². The summed E-state index contributed by atoms with van der Waals surface area (Å²) in [6.45, 7) is 0.203. The third-order valence-electron chi connectivity index (χ3n) is 3.02. The number of aliphatic hydroxyl groups is 5. The van der Waals surface area contributed by atoms with Crippen LogP contribution in [-0.2, 0) is 9.59 Å². The molecule has 7 N–H and O–H groups in total.